The Morgan fingerprint density at radius 3 is 2.65 bits per heavy atom. The Morgan fingerprint density at radius 2 is 1.95 bits per heavy atom. The van der Waals surface area contributed by atoms with E-state index in [4.69, 9.17) is 4.74 Å². The number of benzene rings is 2. The number of methoxy groups -OCH3 is 1. The van der Waals surface area contributed by atoms with E-state index in [9.17, 15) is 9.50 Å². The highest BCUT2D eigenvalue weighted by Crippen LogP contribution is 2.55. The third-order valence-corrected chi connectivity index (χ3v) is 3.98. The van der Waals surface area contributed by atoms with Crippen molar-refractivity contribution >= 4 is 0 Å². The molecule has 0 radical (unpaired) electrons. The number of hydrogen-bond acceptors (Lipinski definition) is 2. The molecule has 1 saturated carbocycles. The first-order chi connectivity index (χ1) is 9.70. The molecule has 2 nitrogen and oxygen atoms in total. The first kappa shape index (κ1) is 13.1. The Labute approximate surface area is 117 Å². The van der Waals surface area contributed by atoms with E-state index in [1.165, 1.54) is 24.8 Å². The molecule has 3 heteroatoms. The van der Waals surface area contributed by atoms with Gasteiger partial charge in [0.2, 0.25) is 0 Å². The van der Waals surface area contributed by atoms with Gasteiger partial charge in [-0.05, 0) is 42.0 Å². The van der Waals surface area contributed by atoms with Crippen LogP contribution in [0.15, 0.2) is 48.5 Å². The minimum atomic E-state index is -0.689. The summed E-state index contributed by atoms with van der Waals surface area (Å²) >= 11 is 0. The lowest BCUT2D eigenvalue weighted by Gasteiger charge is -2.15. The second-order valence-electron chi connectivity index (χ2n) is 5.25. The molecule has 1 N–H and O–H groups in total. The van der Waals surface area contributed by atoms with Gasteiger partial charge in [-0.1, -0.05) is 30.3 Å². The van der Waals surface area contributed by atoms with Crippen LogP contribution in [0.4, 0.5) is 4.39 Å². The van der Waals surface area contributed by atoms with E-state index >= 15 is 0 Å². The number of ether oxygens (including phenoxy) is 1. The van der Waals surface area contributed by atoms with Gasteiger partial charge in [0.1, 0.15) is 11.6 Å². The van der Waals surface area contributed by atoms with E-state index in [1.807, 2.05) is 18.2 Å². The van der Waals surface area contributed by atoms with E-state index in [-0.39, 0.29) is 11.7 Å². The molecule has 1 fully saturated rings. The zero-order valence-electron chi connectivity index (χ0n) is 11.3. The second-order valence-corrected chi connectivity index (χ2v) is 5.25. The van der Waals surface area contributed by atoms with Crippen LogP contribution in [-0.4, -0.2) is 12.2 Å². The standard InChI is InChI=1S/C17H17FO2/c1-20-16-8-7-12(18)9-15(16)17(19)14-10-13(14)11-5-3-2-4-6-11/h2-9,13-14,17,19H,10H2,1H3. The molecule has 2 aromatic rings. The fraction of sp³-hybridized carbons (Fsp3) is 0.294. The van der Waals surface area contributed by atoms with Gasteiger partial charge in [-0.15, -0.1) is 0 Å². The molecule has 0 bridgehead atoms. The van der Waals surface area contributed by atoms with Gasteiger partial charge in [0.15, 0.2) is 0 Å². The minimum absolute atomic E-state index is 0.132. The van der Waals surface area contributed by atoms with Crippen molar-refractivity contribution in [3.8, 4) is 5.75 Å². The lowest BCUT2D eigenvalue weighted by Crippen LogP contribution is -2.04. The summed E-state index contributed by atoms with van der Waals surface area (Å²) in [6.45, 7) is 0. The second kappa shape index (κ2) is 5.25. The summed E-state index contributed by atoms with van der Waals surface area (Å²) in [5.74, 6) is 0.668. The Kier molecular flexibility index (Phi) is 3.45. The summed E-state index contributed by atoms with van der Waals surface area (Å²) in [5.41, 5.74) is 1.77. The molecule has 1 aliphatic rings. The van der Waals surface area contributed by atoms with Crippen LogP contribution in [0.25, 0.3) is 0 Å². The van der Waals surface area contributed by atoms with E-state index in [0.29, 0.717) is 17.2 Å². The van der Waals surface area contributed by atoms with Crippen LogP contribution in [0.3, 0.4) is 0 Å². The molecular weight excluding hydrogens is 255 g/mol. The van der Waals surface area contributed by atoms with Gasteiger partial charge >= 0.3 is 0 Å². The van der Waals surface area contributed by atoms with E-state index in [0.717, 1.165) is 6.42 Å². The normalized spacial score (nSPS) is 22.4. The summed E-state index contributed by atoms with van der Waals surface area (Å²) in [4.78, 5) is 0. The van der Waals surface area contributed by atoms with Crippen LogP contribution in [0, 0.1) is 11.7 Å². The van der Waals surface area contributed by atoms with Gasteiger partial charge < -0.3 is 9.84 Å². The van der Waals surface area contributed by atoms with Gasteiger partial charge in [-0.3, -0.25) is 0 Å². The minimum Gasteiger partial charge on any atom is -0.496 e. The average molecular weight is 272 g/mol. The predicted octanol–water partition coefficient (Wildman–Crippen LogP) is 3.67. The fourth-order valence-electron chi connectivity index (χ4n) is 2.81. The van der Waals surface area contributed by atoms with Crippen LogP contribution in [0.1, 0.15) is 29.6 Å². The Hall–Kier alpha value is -1.87. The third-order valence-electron chi connectivity index (χ3n) is 3.98. The smallest absolute Gasteiger partial charge is 0.124 e. The van der Waals surface area contributed by atoms with Crippen molar-refractivity contribution < 1.29 is 14.2 Å². The van der Waals surface area contributed by atoms with E-state index < -0.39 is 6.10 Å². The maximum Gasteiger partial charge on any atom is 0.124 e. The van der Waals surface area contributed by atoms with Crippen LogP contribution in [-0.2, 0) is 0 Å². The zero-order chi connectivity index (χ0) is 14.1. The molecule has 0 heterocycles. The highest BCUT2D eigenvalue weighted by Gasteiger charge is 2.44. The molecule has 3 unspecified atom stereocenters. The Balaban J connectivity index is 1.81. The van der Waals surface area contributed by atoms with Gasteiger partial charge in [0.25, 0.3) is 0 Å². The molecule has 2 aromatic carbocycles. The quantitative estimate of drug-likeness (QED) is 0.920. The molecule has 0 amide bonds. The van der Waals surface area contributed by atoms with Crippen LogP contribution in [0.2, 0.25) is 0 Å². The number of halogens is 1. The monoisotopic (exact) mass is 272 g/mol. The number of rotatable bonds is 4. The Morgan fingerprint density at radius 1 is 1.20 bits per heavy atom. The summed E-state index contributed by atoms with van der Waals surface area (Å²) in [6.07, 6.45) is 0.232. The molecule has 0 saturated heterocycles. The summed E-state index contributed by atoms with van der Waals surface area (Å²) in [5, 5.41) is 10.5. The van der Waals surface area contributed by atoms with Crippen LogP contribution < -0.4 is 4.74 Å². The molecule has 104 valence electrons. The van der Waals surface area contributed by atoms with Gasteiger partial charge in [-0.2, -0.15) is 0 Å². The fourth-order valence-corrected chi connectivity index (χ4v) is 2.81. The van der Waals surface area contributed by atoms with Crippen molar-refractivity contribution in [3.63, 3.8) is 0 Å². The highest BCUT2D eigenvalue weighted by molar-refractivity contribution is 5.38. The van der Waals surface area contributed by atoms with Crippen molar-refractivity contribution in [1.82, 2.24) is 0 Å². The summed E-state index contributed by atoms with van der Waals surface area (Å²) in [7, 11) is 1.53. The van der Waals surface area contributed by atoms with E-state index in [2.05, 4.69) is 12.1 Å². The van der Waals surface area contributed by atoms with Crippen molar-refractivity contribution in [1.29, 1.82) is 0 Å². The lowest BCUT2D eigenvalue weighted by atomic mass is 10.0. The molecule has 3 rings (SSSR count). The highest BCUT2D eigenvalue weighted by atomic mass is 19.1. The summed E-state index contributed by atoms with van der Waals surface area (Å²) in [6, 6.07) is 14.4. The Bertz CT molecular complexity index is 597. The van der Waals surface area contributed by atoms with Gasteiger partial charge in [0.05, 0.1) is 13.2 Å². The molecule has 0 aliphatic heterocycles. The number of aliphatic hydroxyl groups is 1. The lowest BCUT2D eigenvalue weighted by molar-refractivity contribution is 0.147. The molecule has 20 heavy (non-hydrogen) atoms. The summed E-state index contributed by atoms with van der Waals surface area (Å²) < 4.78 is 18.6. The maximum absolute atomic E-state index is 13.4. The largest absolute Gasteiger partial charge is 0.496 e. The SMILES string of the molecule is COc1ccc(F)cc1C(O)C1CC1c1ccccc1. The average Bonchev–Trinajstić information content (AvgIpc) is 3.28. The molecule has 1 aliphatic carbocycles. The van der Waals surface area contributed by atoms with Gasteiger partial charge in [0, 0.05) is 5.56 Å². The zero-order valence-corrected chi connectivity index (χ0v) is 11.3. The van der Waals surface area contributed by atoms with Crippen LogP contribution >= 0.6 is 0 Å². The molecule has 0 spiro atoms. The third kappa shape index (κ3) is 2.41. The van der Waals surface area contributed by atoms with Gasteiger partial charge in [-0.25, -0.2) is 4.39 Å². The molecule has 0 aromatic heterocycles. The van der Waals surface area contributed by atoms with E-state index in [1.54, 1.807) is 6.07 Å². The van der Waals surface area contributed by atoms with Crippen molar-refractivity contribution in [2.45, 2.75) is 18.4 Å². The molecular formula is C17H17FO2. The predicted molar refractivity (Wildman–Crippen MR) is 75.2 cm³/mol. The first-order valence-corrected chi connectivity index (χ1v) is 6.77. The van der Waals surface area contributed by atoms with Crippen LogP contribution in [0.5, 0.6) is 5.75 Å². The number of aliphatic hydroxyl groups excluding tert-OH is 1. The van der Waals surface area contributed by atoms with Crippen molar-refractivity contribution in [3.05, 3.63) is 65.5 Å². The number of hydrogen-bond donors (Lipinski definition) is 1. The van der Waals surface area contributed by atoms with Crippen molar-refractivity contribution in [2.75, 3.05) is 7.11 Å². The maximum atomic E-state index is 13.4. The molecule has 3 atom stereocenters. The van der Waals surface area contributed by atoms with Crippen molar-refractivity contribution in [2.24, 2.45) is 5.92 Å². The topological polar surface area (TPSA) is 29.5 Å². The first-order valence-electron chi connectivity index (χ1n) is 6.77.